The molecule has 4 N–H and O–H groups in total. The first-order valence-electron chi connectivity index (χ1n) is 9.63. The number of carboxylic acid groups (broad SMARTS) is 1. The van der Waals surface area contributed by atoms with E-state index in [1.807, 2.05) is 0 Å². The van der Waals surface area contributed by atoms with Crippen molar-refractivity contribution in [1.82, 2.24) is 10.9 Å². The maximum atomic E-state index is 11.5. The van der Waals surface area contributed by atoms with E-state index in [2.05, 4.69) is 35.1 Å². The normalized spacial score (nSPS) is 36.0. The molecular weight excluding hydrogens is 352 g/mol. The molecule has 5 unspecified atom stereocenters. The van der Waals surface area contributed by atoms with E-state index in [1.54, 1.807) is 0 Å². The highest BCUT2D eigenvalue weighted by atomic mass is 35.5. The summed E-state index contributed by atoms with van der Waals surface area (Å²) < 4.78 is 0. The van der Waals surface area contributed by atoms with Gasteiger partial charge in [-0.3, -0.25) is 10.2 Å². The van der Waals surface area contributed by atoms with Crippen molar-refractivity contribution in [3.05, 3.63) is 35.4 Å². The van der Waals surface area contributed by atoms with Crippen LogP contribution in [-0.2, 0) is 10.2 Å². The SMILES string of the molecule is O=C(O)C1NNC2CC(Cl)C(c3ccc(C4(CO)CCCC4)cc3)CC21. The van der Waals surface area contributed by atoms with E-state index in [9.17, 15) is 15.0 Å². The Hall–Kier alpha value is -1.14. The van der Waals surface area contributed by atoms with Gasteiger partial charge in [-0.2, -0.15) is 0 Å². The van der Waals surface area contributed by atoms with Crippen LogP contribution in [0.3, 0.4) is 0 Å². The number of hydrogen-bond acceptors (Lipinski definition) is 4. The molecule has 0 spiro atoms. The van der Waals surface area contributed by atoms with Gasteiger partial charge < -0.3 is 10.2 Å². The number of aliphatic hydroxyl groups excluding tert-OH is 1. The molecule has 5 nitrogen and oxygen atoms in total. The van der Waals surface area contributed by atoms with Crippen molar-refractivity contribution < 1.29 is 15.0 Å². The average molecular weight is 379 g/mol. The number of halogens is 1. The summed E-state index contributed by atoms with van der Waals surface area (Å²) in [4.78, 5) is 11.5. The third-order valence-corrected chi connectivity index (χ3v) is 7.37. The molecule has 26 heavy (non-hydrogen) atoms. The van der Waals surface area contributed by atoms with E-state index in [0.717, 1.165) is 25.7 Å². The lowest BCUT2D eigenvalue weighted by Crippen LogP contribution is -2.41. The zero-order valence-corrected chi connectivity index (χ0v) is 15.6. The summed E-state index contributed by atoms with van der Waals surface area (Å²) in [6, 6.07) is 8.12. The first-order valence-corrected chi connectivity index (χ1v) is 10.1. The van der Waals surface area contributed by atoms with Gasteiger partial charge in [0.1, 0.15) is 6.04 Å². The van der Waals surface area contributed by atoms with E-state index in [4.69, 9.17) is 11.6 Å². The monoisotopic (exact) mass is 378 g/mol. The lowest BCUT2D eigenvalue weighted by molar-refractivity contribution is -0.140. The predicted octanol–water partition coefficient (Wildman–Crippen LogP) is 2.52. The van der Waals surface area contributed by atoms with Gasteiger partial charge in [0.2, 0.25) is 0 Å². The van der Waals surface area contributed by atoms with Gasteiger partial charge in [-0.25, -0.2) is 5.43 Å². The minimum atomic E-state index is -0.807. The Labute approximate surface area is 159 Å². The average Bonchev–Trinajstić information content (AvgIpc) is 3.28. The molecule has 4 rings (SSSR count). The van der Waals surface area contributed by atoms with Crippen molar-refractivity contribution in [1.29, 1.82) is 0 Å². The number of nitrogens with one attached hydrogen (secondary N) is 2. The highest BCUT2D eigenvalue weighted by Gasteiger charge is 2.47. The summed E-state index contributed by atoms with van der Waals surface area (Å²) in [7, 11) is 0. The van der Waals surface area contributed by atoms with Crippen LogP contribution < -0.4 is 10.9 Å². The van der Waals surface area contributed by atoms with Crippen molar-refractivity contribution in [2.24, 2.45) is 5.92 Å². The van der Waals surface area contributed by atoms with Crippen LogP contribution in [0.2, 0.25) is 0 Å². The van der Waals surface area contributed by atoms with Gasteiger partial charge in [0.25, 0.3) is 0 Å². The molecule has 2 aliphatic carbocycles. The van der Waals surface area contributed by atoms with Gasteiger partial charge in [-0.1, -0.05) is 37.1 Å². The van der Waals surface area contributed by atoms with E-state index in [0.29, 0.717) is 0 Å². The molecule has 5 atom stereocenters. The number of fused-ring (bicyclic) bond motifs is 1. The standard InChI is InChI=1S/C20H27ClN2O3/c21-16-10-17-15(18(19(25)26)23-22-17)9-14(16)12-3-5-13(6-4-12)20(11-24)7-1-2-8-20/h3-6,14-18,22-24H,1-2,7-11H2,(H,25,26). The summed E-state index contributed by atoms with van der Waals surface area (Å²) in [5.41, 5.74) is 8.33. The van der Waals surface area contributed by atoms with Gasteiger partial charge in [0.15, 0.2) is 0 Å². The van der Waals surface area contributed by atoms with Crippen LogP contribution in [0.4, 0.5) is 0 Å². The minimum Gasteiger partial charge on any atom is -0.480 e. The topological polar surface area (TPSA) is 81.6 Å². The van der Waals surface area contributed by atoms with Gasteiger partial charge in [-0.05, 0) is 36.8 Å². The third-order valence-electron chi connectivity index (χ3n) is 6.89. The van der Waals surface area contributed by atoms with Gasteiger partial charge >= 0.3 is 5.97 Å². The fourth-order valence-corrected chi connectivity index (χ4v) is 5.73. The number of carboxylic acids is 1. The second-order valence-electron chi connectivity index (χ2n) is 8.24. The van der Waals surface area contributed by atoms with Gasteiger partial charge in [0, 0.05) is 28.7 Å². The number of hydrazine groups is 1. The first kappa shape index (κ1) is 18.2. The molecule has 1 aliphatic heterocycles. The number of hydrogen-bond donors (Lipinski definition) is 4. The van der Waals surface area contributed by atoms with Gasteiger partial charge in [-0.15, -0.1) is 11.6 Å². The second kappa shape index (κ2) is 7.12. The lowest BCUT2D eigenvalue weighted by atomic mass is 9.72. The number of aliphatic carboxylic acids is 1. The summed E-state index contributed by atoms with van der Waals surface area (Å²) >= 11 is 6.68. The van der Waals surface area contributed by atoms with E-state index in [-0.39, 0.29) is 35.3 Å². The summed E-state index contributed by atoms with van der Waals surface area (Å²) in [5.74, 6) is -0.604. The predicted molar refractivity (Wildman–Crippen MR) is 100 cm³/mol. The number of rotatable bonds is 4. The van der Waals surface area contributed by atoms with Crippen molar-refractivity contribution in [2.75, 3.05) is 6.61 Å². The second-order valence-corrected chi connectivity index (χ2v) is 8.80. The maximum Gasteiger partial charge on any atom is 0.322 e. The molecule has 0 radical (unpaired) electrons. The fraction of sp³-hybridized carbons (Fsp3) is 0.650. The number of aliphatic hydroxyl groups is 1. The fourth-order valence-electron chi connectivity index (χ4n) is 5.29. The van der Waals surface area contributed by atoms with Crippen LogP contribution in [0.5, 0.6) is 0 Å². The van der Waals surface area contributed by atoms with E-state index < -0.39 is 12.0 Å². The van der Waals surface area contributed by atoms with Gasteiger partial charge in [0.05, 0.1) is 6.61 Å². The molecule has 0 amide bonds. The summed E-state index contributed by atoms with van der Waals surface area (Å²) in [6.45, 7) is 0.204. The molecule has 0 aromatic heterocycles. The first-order chi connectivity index (χ1) is 12.5. The highest BCUT2D eigenvalue weighted by molar-refractivity contribution is 6.21. The largest absolute Gasteiger partial charge is 0.480 e. The minimum absolute atomic E-state index is 0.0118. The zero-order chi connectivity index (χ0) is 18.3. The summed E-state index contributed by atoms with van der Waals surface area (Å²) in [5, 5.41) is 19.3. The molecule has 1 saturated heterocycles. The van der Waals surface area contributed by atoms with Crippen LogP contribution in [0.25, 0.3) is 0 Å². The van der Waals surface area contributed by atoms with Crippen molar-refractivity contribution in [2.45, 2.75) is 67.3 Å². The molecule has 3 aliphatic rings. The molecule has 142 valence electrons. The Kier molecular flexibility index (Phi) is 4.99. The molecular formula is C20H27ClN2O3. The Bertz CT molecular complexity index is 660. The third kappa shape index (κ3) is 3.05. The van der Waals surface area contributed by atoms with E-state index >= 15 is 0 Å². The zero-order valence-electron chi connectivity index (χ0n) is 14.8. The van der Waals surface area contributed by atoms with Crippen molar-refractivity contribution in [3.63, 3.8) is 0 Å². The quantitative estimate of drug-likeness (QED) is 0.605. The summed E-state index contributed by atoms with van der Waals surface area (Å²) in [6.07, 6.45) is 5.97. The van der Waals surface area contributed by atoms with E-state index in [1.165, 1.54) is 24.0 Å². The Morgan fingerprint density at radius 2 is 1.85 bits per heavy atom. The molecule has 3 fully saturated rings. The van der Waals surface area contributed by atoms with Crippen LogP contribution >= 0.6 is 11.6 Å². The Morgan fingerprint density at radius 1 is 1.15 bits per heavy atom. The molecule has 1 aromatic carbocycles. The van der Waals surface area contributed by atoms with Crippen LogP contribution in [0, 0.1) is 5.92 Å². The maximum absolute atomic E-state index is 11.5. The number of benzene rings is 1. The number of alkyl halides is 1. The van der Waals surface area contributed by atoms with Crippen LogP contribution in [0.1, 0.15) is 55.6 Å². The van der Waals surface area contributed by atoms with Crippen LogP contribution in [-0.4, -0.2) is 40.3 Å². The Balaban J connectivity index is 1.54. The molecule has 1 heterocycles. The highest BCUT2D eigenvalue weighted by Crippen LogP contribution is 2.44. The molecule has 0 bridgehead atoms. The number of carbonyl (C=O) groups is 1. The smallest absolute Gasteiger partial charge is 0.322 e. The molecule has 1 aromatic rings. The molecule has 2 saturated carbocycles. The lowest BCUT2D eigenvalue weighted by Gasteiger charge is -2.36. The van der Waals surface area contributed by atoms with Crippen LogP contribution in [0.15, 0.2) is 24.3 Å². The molecule has 6 heteroatoms. The Morgan fingerprint density at radius 3 is 2.46 bits per heavy atom. The van der Waals surface area contributed by atoms with Crippen molar-refractivity contribution in [3.8, 4) is 0 Å². The van der Waals surface area contributed by atoms with Crippen molar-refractivity contribution >= 4 is 17.6 Å².